The van der Waals surface area contributed by atoms with Crippen molar-refractivity contribution in [3.05, 3.63) is 47.8 Å². The van der Waals surface area contributed by atoms with Crippen LogP contribution in [0.2, 0.25) is 0 Å². The number of hydrogen-bond donors (Lipinski definition) is 0. The minimum absolute atomic E-state index is 0.0365. The molecule has 35 heavy (non-hydrogen) atoms. The number of morpholine rings is 1. The van der Waals surface area contributed by atoms with Crippen LogP contribution in [0, 0.1) is 0 Å². The summed E-state index contributed by atoms with van der Waals surface area (Å²) < 4.78 is 21.7. The van der Waals surface area contributed by atoms with Crippen molar-refractivity contribution in [2.45, 2.75) is 24.3 Å². The largest absolute Gasteiger partial charge is 0.612 e. The van der Waals surface area contributed by atoms with E-state index in [9.17, 15) is 14.1 Å². The normalized spacial score (nSPS) is 17.0. The van der Waals surface area contributed by atoms with E-state index >= 15 is 0 Å². The molecule has 0 saturated carbocycles. The standard InChI is InChI=1S/C24H29N4O4PS2/c1-15(29)27-9-10-32-17(14-27)12-20-23(25-22-13-18(35(4)31)7-8-28(20)22)19-6-5-16(11-21(19)33)24(30)26(2)34-3/h5-8,11,13,17H,9-10,12,14,33H2,1-4H3/t17-,35?/m0/s1. The fourth-order valence-electron chi connectivity index (χ4n) is 4.19. The highest BCUT2D eigenvalue weighted by Crippen LogP contribution is 2.29. The average molecular weight is 533 g/mol. The second-order valence-corrected chi connectivity index (χ2v) is 11.3. The molecule has 0 bridgehead atoms. The summed E-state index contributed by atoms with van der Waals surface area (Å²) in [5.74, 6) is -0.0348. The van der Waals surface area contributed by atoms with Gasteiger partial charge in [0.25, 0.3) is 5.91 Å². The molecule has 2 unspecified atom stereocenters. The van der Waals surface area contributed by atoms with Crippen LogP contribution in [0.15, 0.2) is 41.4 Å². The topological polar surface area (TPSA) is 90.2 Å². The summed E-state index contributed by atoms with van der Waals surface area (Å²) in [4.78, 5) is 32.0. The van der Waals surface area contributed by atoms with Crippen LogP contribution in [0.4, 0.5) is 0 Å². The Balaban J connectivity index is 1.78. The van der Waals surface area contributed by atoms with Gasteiger partial charge < -0.3 is 18.6 Å². The minimum atomic E-state index is -1.13. The fraction of sp³-hybridized carbons (Fsp3) is 0.375. The van der Waals surface area contributed by atoms with Gasteiger partial charge in [-0.2, -0.15) is 0 Å². The van der Waals surface area contributed by atoms with Crippen molar-refractivity contribution >= 4 is 55.1 Å². The van der Waals surface area contributed by atoms with E-state index in [-0.39, 0.29) is 17.9 Å². The molecule has 0 spiro atoms. The van der Waals surface area contributed by atoms with Gasteiger partial charge in [0.2, 0.25) is 5.91 Å². The van der Waals surface area contributed by atoms with E-state index < -0.39 is 11.2 Å². The lowest BCUT2D eigenvalue weighted by Crippen LogP contribution is -2.45. The number of aromatic nitrogens is 2. The Hall–Kier alpha value is -2.10. The van der Waals surface area contributed by atoms with Gasteiger partial charge in [0, 0.05) is 69.2 Å². The molecule has 3 heterocycles. The number of imidazole rings is 1. The van der Waals surface area contributed by atoms with Crippen LogP contribution in [0.5, 0.6) is 0 Å². The Labute approximate surface area is 214 Å². The average Bonchev–Trinajstić information content (AvgIpc) is 3.20. The zero-order chi connectivity index (χ0) is 25.3. The molecule has 1 fully saturated rings. The van der Waals surface area contributed by atoms with Crippen LogP contribution >= 0.6 is 21.2 Å². The van der Waals surface area contributed by atoms with Gasteiger partial charge in [0.15, 0.2) is 4.90 Å². The molecule has 0 N–H and O–H groups in total. The number of nitrogens with zero attached hydrogens (tertiary/aromatic N) is 4. The maximum atomic E-state index is 12.6. The number of hydrogen-bond acceptors (Lipinski definition) is 6. The van der Waals surface area contributed by atoms with Gasteiger partial charge in [0.05, 0.1) is 24.1 Å². The minimum Gasteiger partial charge on any atom is -0.612 e. The van der Waals surface area contributed by atoms with Gasteiger partial charge in [0.1, 0.15) is 11.9 Å². The molecule has 1 saturated heterocycles. The number of amides is 2. The maximum Gasteiger partial charge on any atom is 0.263 e. The van der Waals surface area contributed by atoms with Gasteiger partial charge >= 0.3 is 0 Å². The molecule has 1 aromatic carbocycles. The molecule has 3 aromatic rings. The highest BCUT2D eigenvalue weighted by molar-refractivity contribution is 7.96. The predicted molar refractivity (Wildman–Crippen MR) is 144 cm³/mol. The molecule has 1 aliphatic heterocycles. The number of rotatable bonds is 6. The zero-order valence-electron chi connectivity index (χ0n) is 20.2. The Morgan fingerprint density at radius 3 is 2.77 bits per heavy atom. The summed E-state index contributed by atoms with van der Waals surface area (Å²) in [6.45, 7) is 3.17. The van der Waals surface area contributed by atoms with E-state index in [1.165, 1.54) is 11.9 Å². The third-order valence-electron chi connectivity index (χ3n) is 6.15. The van der Waals surface area contributed by atoms with Crippen LogP contribution in [0.3, 0.4) is 0 Å². The molecule has 0 aliphatic carbocycles. The number of pyridine rings is 1. The lowest BCUT2D eigenvalue weighted by atomic mass is 10.0. The third kappa shape index (κ3) is 5.52. The Bertz CT molecular complexity index is 1270. The highest BCUT2D eigenvalue weighted by Gasteiger charge is 2.26. The van der Waals surface area contributed by atoms with E-state index in [0.29, 0.717) is 42.2 Å². The molecule has 186 valence electrons. The van der Waals surface area contributed by atoms with Crippen LogP contribution in [-0.2, 0) is 27.1 Å². The third-order valence-corrected chi connectivity index (χ3v) is 8.26. The zero-order valence-corrected chi connectivity index (χ0v) is 23.0. The first-order chi connectivity index (χ1) is 16.7. The van der Waals surface area contributed by atoms with Crippen molar-refractivity contribution in [3.63, 3.8) is 0 Å². The van der Waals surface area contributed by atoms with Crippen molar-refractivity contribution < 1.29 is 18.9 Å². The van der Waals surface area contributed by atoms with E-state index in [1.807, 2.05) is 47.2 Å². The molecule has 8 nitrogen and oxygen atoms in total. The number of carbonyl (C=O) groups is 2. The Morgan fingerprint density at radius 1 is 1.34 bits per heavy atom. The molecule has 0 radical (unpaired) electrons. The number of fused-ring (bicyclic) bond motifs is 1. The summed E-state index contributed by atoms with van der Waals surface area (Å²) >= 11 is 0.227. The number of carbonyl (C=O) groups excluding carboxylic acids is 2. The predicted octanol–water partition coefficient (Wildman–Crippen LogP) is 2.38. The lowest BCUT2D eigenvalue weighted by Gasteiger charge is -2.32. The van der Waals surface area contributed by atoms with Crippen molar-refractivity contribution in [1.82, 2.24) is 18.6 Å². The van der Waals surface area contributed by atoms with Gasteiger partial charge in [-0.3, -0.25) is 13.9 Å². The van der Waals surface area contributed by atoms with E-state index in [4.69, 9.17) is 9.72 Å². The van der Waals surface area contributed by atoms with Crippen LogP contribution in [-0.4, -0.2) is 80.3 Å². The number of benzene rings is 1. The lowest BCUT2D eigenvalue weighted by molar-refractivity contribution is -0.136. The summed E-state index contributed by atoms with van der Waals surface area (Å²) in [7, 11) is 4.46. The Morgan fingerprint density at radius 2 is 2.11 bits per heavy atom. The summed E-state index contributed by atoms with van der Waals surface area (Å²) in [6, 6.07) is 9.25. The van der Waals surface area contributed by atoms with Gasteiger partial charge in [-0.15, -0.1) is 9.24 Å². The maximum absolute atomic E-state index is 12.6. The summed E-state index contributed by atoms with van der Waals surface area (Å²) in [5.41, 5.74) is 3.88. The first-order valence-corrected chi connectivity index (χ1v) is 14.4. The summed E-state index contributed by atoms with van der Waals surface area (Å²) in [6.07, 6.45) is 5.77. The van der Waals surface area contributed by atoms with Crippen molar-refractivity contribution in [3.8, 4) is 11.3 Å². The first kappa shape index (κ1) is 26.0. The molecule has 3 atom stereocenters. The van der Waals surface area contributed by atoms with Crippen LogP contribution in [0.1, 0.15) is 23.0 Å². The molecule has 11 heteroatoms. The van der Waals surface area contributed by atoms with Gasteiger partial charge in [-0.25, -0.2) is 4.98 Å². The molecule has 4 rings (SSSR count). The smallest absolute Gasteiger partial charge is 0.263 e. The highest BCUT2D eigenvalue weighted by atomic mass is 32.2. The number of ether oxygens (including phenoxy) is 1. The van der Waals surface area contributed by atoms with Crippen molar-refractivity contribution in [2.24, 2.45) is 0 Å². The molecule has 2 aromatic heterocycles. The van der Waals surface area contributed by atoms with E-state index in [2.05, 4.69) is 9.24 Å². The SMILES string of the molecule is CSN(C)C(=O)c1ccc(-c2nc3cc([S+](C)[O-])ccn3c2C[C@H]2CN(C(C)=O)CCO2)c(P)c1. The molecular weight excluding hydrogens is 503 g/mol. The van der Waals surface area contributed by atoms with Gasteiger partial charge in [-0.1, -0.05) is 18.0 Å². The first-order valence-electron chi connectivity index (χ1n) is 11.1. The second kappa shape index (κ2) is 10.9. The fourth-order valence-corrected chi connectivity index (χ4v) is 5.39. The van der Waals surface area contributed by atoms with E-state index in [1.54, 1.807) is 29.4 Å². The molecule has 2 amide bonds. The van der Waals surface area contributed by atoms with Gasteiger partial charge in [-0.05, 0) is 28.6 Å². The van der Waals surface area contributed by atoms with E-state index in [0.717, 1.165) is 22.3 Å². The molecule has 1 aliphatic rings. The second-order valence-electron chi connectivity index (χ2n) is 8.40. The Kier molecular flexibility index (Phi) is 8.08. The van der Waals surface area contributed by atoms with Crippen LogP contribution < -0.4 is 5.30 Å². The quantitative estimate of drug-likeness (QED) is 0.275. The van der Waals surface area contributed by atoms with Crippen molar-refractivity contribution in [2.75, 3.05) is 39.3 Å². The summed E-state index contributed by atoms with van der Waals surface area (Å²) in [5, 5.41) is 0.851. The van der Waals surface area contributed by atoms with Crippen molar-refractivity contribution in [1.29, 1.82) is 0 Å². The van der Waals surface area contributed by atoms with Crippen LogP contribution in [0.25, 0.3) is 16.9 Å². The monoisotopic (exact) mass is 532 g/mol. The molecular formula is C24H29N4O4PS2.